The van der Waals surface area contributed by atoms with E-state index in [0.29, 0.717) is 23.4 Å². The molecule has 1 heterocycles. The highest BCUT2D eigenvalue weighted by atomic mass is 28.3. The molecule has 0 spiro atoms. The fourth-order valence-electron chi connectivity index (χ4n) is 3.29. The van der Waals surface area contributed by atoms with E-state index in [0.717, 1.165) is 0 Å². The summed E-state index contributed by atoms with van der Waals surface area (Å²) in [6.07, 6.45) is -9.87. The highest BCUT2D eigenvalue weighted by Gasteiger charge is 2.37. The fourth-order valence-corrected chi connectivity index (χ4v) is 3.86. The first-order valence-electron chi connectivity index (χ1n) is 10.2. The van der Waals surface area contributed by atoms with E-state index in [4.69, 9.17) is 0 Å². The van der Waals surface area contributed by atoms with Crippen molar-refractivity contribution in [3.8, 4) is 22.7 Å². The molecule has 1 N–H and O–H groups in total. The van der Waals surface area contributed by atoms with Crippen LogP contribution in [0.4, 0.5) is 26.3 Å². The van der Waals surface area contributed by atoms with Crippen molar-refractivity contribution in [1.29, 1.82) is 0 Å². The summed E-state index contributed by atoms with van der Waals surface area (Å²) in [5, 5.41) is 10.7. The molecule has 2 aromatic carbocycles. The maximum atomic E-state index is 13.3. The van der Waals surface area contributed by atoms with Crippen LogP contribution in [0.5, 0.6) is 0 Å². The molecule has 180 valence electrons. The summed E-state index contributed by atoms with van der Waals surface area (Å²) in [6, 6.07) is 10.1. The Morgan fingerprint density at radius 1 is 0.941 bits per heavy atom. The molecule has 3 rings (SSSR count). The minimum absolute atomic E-state index is 0.0939. The highest BCUT2D eigenvalue weighted by Crippen LogP contribution is 2.37. The lowest BCUT2D eigenvalue weighted by atomic mass is 10.0. The van der Waals surface area contributed by atoms with Gasteiger partial charge in [-0.05, 0) is 23.8 Å². The molecule has 0 aliphatic heterocycles. The van der Waals surface area contributed by atoms with Crippen LogP contribution in [0, 0.1) is 11.5 Å². The number of aliphatic hydroxyl groups is 1. The third-order valence-electron chi connectivity index (χ3n) is 4.76. The minimum atomic E-state index is -4.94. The normalized spacial score (nSPS) is 13.4. The number of halogens is 6. The first-order chi connectivity index (χ1) is 15.6. The Labute approximate surface area is 194 Å². The van der Waals surface area contributed by atoms with Gasteiger partial charge < -0.3 is 9.67 Å². The molecule has 0 radical (unpaired) electrons. The van der Waals surface area contributed by atoms with E-state index in [9.17, 15) is 31.4 Å². The smallest absolute Gasteiger partial charge is 0.374 e. The van der Waals surface area contributed by atoms with Crippen molar-refractivity contribution in [3.05, 3.63) is 77.2 Å². The summed E-state index contributed by atoms with van der Waals surface area (Å²) in [5.74, 6) is 2.78. The minimum Gasteiger partial charge on any atom is -0.374 e. The standard InChI is InChI=1S/C24H22F6N2OSi/c1-34(2,3)10-9-20(33)21-22(17-7-5-4-6-8-17)32(15-31-21)14-16-11-18(23(25,26)27)13-19(12-16)24(28,29)30/h4-8,11-13,15,20,33H,14H2,1-3H3. The van der Waals surface area contributed by atoms with Crippen molar-refractivity contribution in [1.82, 2.24) is 9.55 Å². The average molecular weight is 497 g/mol. The maximum absolute atomic E-state index is 13.3. The molecule has 0 aliphatic carbocycles. The van der Waals surface area contributed by atoms with Crippen LogP contribution in [0.3, 0.4) is 0 Å². The summed E-state index contributed by atoms with van der Waals surface area (Å²) in [7, 11) is -1.82. The third-order valence-corrected chi connectivity index (χ3v) is 5.65. The molecule has 3 aromatic rings. The van der Waals surface area contributed by atoms with E-state index in [1.165, 1.54) is 10.9 Å². The van der Waals surface area contributed by atoms with Gasteiger partial charge in [0.1, 0.15) is 13.8 Å². The second-order valence-corrected chi connectivity index (χ2v) is 13.6. The topological polar surface area (TPSA) is 38.1 Å². The first kappa shape index (κ1) is 25.6. The lowest BCUT2D eigenvalue weighted by Crippen LogP contribution is -2.17. The molecule has 0 fully saturated rings. The van der Waals surface area contributed by atoms with E-state index in [2.05, 4.69) is 16.4 Å². The number of nitrogens with zero attached hydrogens (tertiary/aromatic N) is 2. The SMILES string of the molecule is C[Si](C)(C)C#CC(O)c1ncn(Cc2cc(C(F)(F)F)cc(C(F)(F)F)c2)c1-c1ccccc1. The van der Waals surface area contributed by atoms with Gasteiger partial charge in [-0.15, -0.1) is 5.54 Å². The molecule has 1 unspecified atom stereocenters. The molecule has 0 saturated heterocycles. The largest absolute Gasteiger partial charge is 0.416 e. The quantitative estimate of drug-likeness (QED) is 0.253. The molecule has 0 aliphatic rings. The molecule has 0 amide bonds. The van der Waals surface area contributed by atoms with Crippen molar-refractivity contribution in [2.45, 2.75) is 44.6 Å². The number of hydrogen-bond acceptors (Lipinski definition) is 2. The van der Waals surface area contributed by atoms with Crippen LogP contribution < -0.4 is 0 Å². The van der Waals surface area contributed by atoms with Gasteiger partial charge in [-0.3, -0.25) is 0 Å². The lowest BCUT2D eigenvalue weighted by Gasteiger charge is -2.16. The van der Waals surface area contributed by atoms with Gasteiger partial charge >= 0.3 is 12.4 Å². The Morgan fingerprint density at radius 2 is 1.50 bits per heavy atom. The van der Waals surface area contributed by atoms with Crippen LogP contribution >= 0.6 is 0 Å². The number of benzene rings is 2. The first-order valence-corrected chi connectivity index (χ1v) is 13.7. The van der Waals surface area contributed by atoms with Gasteiger partial charge in [-0.1, -0.05) is 55.9 Å². The Morgan fingerprint density at radius 3 is 2.00 bits per heavy atom. The Bertz CT molecular complexity index is 1180. The molecule has 0 saturated carbocycles. The van der Waals surface area contributed by atoms with E-state index >= 15 is 0 Å². The van der Waals surface area contributed by atoms with Crippen LogP contribution in [0.2, 0.25) is 19.6 Å². The zero-order valence-electron chi connectivity index (χ0n) is 18.6. The van der Waals surface area contributed by atoms with Crippen LogP contribution in [0.1, 0.15) is 28.5 Å². The fraction of sp³-hybridized carbons (Fsp3) is 0.292. The Balaban J connectivity index is 2.13. The Kier molecular flexibility index (Phi) is 7.01. The molecule has 3 nitrogen and oxygen atoms in total. The lowest BCUT2D eigenvalue weighted by molar-refractivity contribution is -0.143. The number of alkyl halides is 6. The number of aromatic nitrogens is 2. The predicted octanol–water partition coefficient (Wildman–Crippen LogP) is 6.55. The summed E-state index contributed by atoms with van der Waals surface area (Å²) in [5.41, 5.74) is 1.20. The Hall–Kier alpha value is -3.03. The van der Waals surface area contributed by atoms with Crippen molar-refractivity contribution in [2.24, 2.45) is 0 Å². The predicted molar refractivity (Wildman–Crippen MR) is 119 cm³/mol. The second kappa shape index (κ2) is 9.31. The van der Waals surface area contributed by atoms with Crippen molar-refractivity contribution < 1.29 is 31.4 Å². The van der Waals surface area contributed by atoms with Gasteiger partial charge in [0.15, 0.2) is 6.10 Å². The van der Waals surface area contributed by atoms with E-state index in [1.807, 2.05) is 19.6 Å². The van der Waals surface area contributed by atoms with Crippen molar-refractivity contribution >= 4 is 8.07 Å². The summed E-state index contributed by atoms with van der Waals surface area (Å²) in [4.78, 5) is 4.21. The van der Waals surface area contributed by atoms with Crippen molar-refractivity contribution in [2.75, 3.05) is 0 Å². The van der Waals surface area contributed by atoms with Gasteiger partial charge in [0.2, 0.25) is 0 Å². The van der Waals surface area contributed by atoms with Gasteiger partial charge in [-0.2, -0.15) is 26.3 Å². The average Bonchev–Trinajstić information content (AvgIpc) is 3.14. The van der Waals surface area contributed by atoms with E-state index in [-0.39, 0.29) is 23.9 Å². The van der Waals surface area contributed by atoms with Gasteiger partial charge in [-0.25, -0.2) is 4.98 Å². The number of aliphatic hydroxyl groups excluding tert-OH is 1. The summed E-state index contributed by atoms with van der Waals surface area (Å²) >= 11 is 0. The molecule has 1 aromatic heterocycles. The van der Waals surface area contributed by atoms with Gasteiger partial charge in [0.25, 0.3) is 0 Å². The second-order valence-electron chi connectivity index (χ2n) is 8.81. The van der Waals surface area contributed by atoms with E-state index < -0.39 is 37.7 Å². The molecule has 10 heteroatoms. The summed E-state index contributed by atoms with van der Waals surface area (Å²) < 4.78 is 81.1. The van der Waals surface area contributed by atoms with Gasteiger partial charge in [0.05, 0.1) is 23.1 Å². The van der Waals surface area contributed by atoms with Crippen LogP contribution in [-0.2, 0) is 18.9 Å². The molecule has 0 bridgehead atoms. The van der Waals surface area contributed by atoms with Crippen LogP contribution in [0.15, 0.2) is 54.9 Å². The number of imidazole rings is 1. The number of rotatable bonds is 4. The molecule has 34 heavy (non-hydrogen) atoms. The third kappa shape index (κ3) is 6.30. The zero-order chi connectivity index (χ0) is 25.3. The van der Waals surface area contributed by atoms with Crippen molar-refractivity contribution in [3.63, 3.8) is 0 Å². The molecular formula is C24H22F6N2OSi. The van der Waals surface area contributed by atoms with Gasteiger partial charge in [0, 0.05) is 12.1 Å². The maximum Gasteiger partial charge on any atom is 0.416 e. The summed E-state index contributed by atoms with van der Waals surface area (Å²) in [6.45, 7) is 5.66. The van der Waals surface area contributed by atoms with E-state index in [1.54, 1.807) is 30.3 Å². The zero-order valence-corrected chi connectivity index (χ0v) is 19.6. The highest BCUT2D eigenvalue weighted by molar-refractivity contribution is 6.83. The van der Waals surface area contributed by atoms with Crippen LogP contribution in [0.25, 0.3) is 11.3 Å². The molecule has 1 atom stereocenters. The number of hydrogen-bond donors (Lipinski definition) is 1. The monoisotopic (exact) mass is 496 g/mol. The van der Waals surface area contributed by atoms with Crippen LogP contribution in [-0.4, -0.2) is 22.7 Å². The molecular weight excluding hydrogens is 474 g/mol.